The van der Waals surface area contributed by atoms with Crippen LogP contribution in [0.3, 0.4) is 0 Å². The van der Waals surface area contributed by atoms with Gasteiger partial charge in [0.2, 0.25) is 5.91 Å². The lowest BCUT2D eigenvalue weighted by Crippen LogP contribution is -2.56. The third-order valence-corrected chi connectivity index (χ3v) is 8.55. The smallest absolute Gasteiger partial charge is 0.251 e. The van der Waals surface area contributed by atoms with Crippen LogP contribution in [0.4, 0.5) is 0 Å². The molecular weight excluding hydrogens is 568 g/mol. The van der Waals surface area contributed by atoms with E-state index in [-0.39, 0.29) is 37.0 Å². The maximum atomic E-state index is 14.5. The fraction of sp³-hybridized carbons (Fsp3) is 0.250. The lowest BCUT2D eigenvalue weighted by Gasteiger charge is -2.32. The van der Waals surface area contributed by atoms with E-state index in [0.717, 1.165) is 22.3 Å². The fourth-order valence-corrected chi connectivity index (χ4v) is 6.24. The van der Waals surface area contributed by atoms with Crippen LogP contribution in [-0.2, 0) is 27.2 Å². The van der Waals surface area contributed by atoms with Gasteiger partial charge in [-0.25, -0.2) is 0 Å². The molecule has 2 amide bonds. The molecular formula is C36H34N4O5. The minimum absolute atomic E-state index is 0.0825. The Morgan fingerprint density at radius 1 is 0.933 bits per heavy atom. The molecule has 3 aromatic carbocycles. The monoisotopic (exact) mass is 602 g/mol. The van der Waals surface area contributed by atoms with Gasteiger partial charge < -0.3 is 20.3 Å². The van der Waals surface area contributed by atoms with Crippen LogP contribution in [0.25, 0.3) is 11.1 Å². The summed E-state index contributed by atoms with van der Waals surface area (Å²) in [7, 11) is 1.57. The van der Waals surface area contributed by atoms with Crippen molar-refractivity contribution < 1.29 is 23.9 Å². The Bertz CT molecular complexity index is 1680. The van der Waals surface area contributed by atoms with Crippen LogP contribution in [0.2, 0.25) is 0 Å². The van der Waals surface area contributed by atoms with Crippen molar-refractivity contribution in [1.82, 2.24) is 20.5 Å². The normalized spacial score (nSPS) is 19.5. The van der Waals surface area contributed by atoms with E-state index in [0.29, 0.717) is 17.7 Å². The molecule has 0 bridgehead atoms. The first-order valence-electron chi connectivity index (χ1n) is 15.0. The third-order valence-electron chi connectivity index (χ3n) is 8.55. The van der Waals surface area contributed by atoms with Gasteiger partial charge in [-0.3, -0.25) is 24.2 Å². The van der Waals surface area contributed by atoms with Crippen LogP contribution in [0, 0.1) is 0 Å². The minimum atomic E-state index is -1.03. The molecule has 9 heteroatoms. The molecule has 2 N–H and O–H groups in total. The molecule has 4 unspecified atom stereocenters. The molecule has 4 atom stereocenters. The van der Waals surface area contributed by atoms with E-state index in [2.05, 4.69) is 15.6 Å². The SMILES string of the molecule is COc1ccc(CC(NC(=O)c2ccc(-c3ccccc3)cc2)C(=O)N2C(C(=O)Cc3cccnc3)CC3NCC(=O)C32)cc1. The zero-order chi connectivity index (χ0) is 31.3. The minimum Gasteiger partial charge on any atom is -0.497 e. The molecule has 0 radical (unpaired) electrons. The number of carbonyl (C=O) groups is 4. The second-order valence-electron chi connectivity index (χ2n) is 11.4. The average molecular weight is 603 g/mol. The number of ether oxygens (including phenoxy) is 1. The number of ketones is 2. The number of benzene rings is 3. The number of nitrogens with zero attached hydrogens (tertiary/aromatic N) is 2. The van der Waals surface area contributed by atoms with Gasteiger partial charge >= 0.3 is 0 Å². The topological polar surface area (TPSA) is 118 Å². The number of methoxy groups -OCH3 is 1. The van der Waals surface area contributed by atoms with Crippen molar-refractivity contribution in [3.63, 3.8) is 0 Å². The number of hydrogen-bond donors (Lipinski definition) is 2. The van der Waals surface area contributed by atoms with Crippen LogP contribution < -0.4 is 15.4 Å². The van der Waals surface area contributed by atoms with Crippen LogP contribution in [0.1, 0.15) is 27.9 Å². The van der Waals surface area contributed by atoms with E-state index in [1.54, 1.807) is 49.8 Å². The van der Waals surface area contributed by atoms with Crippen molar-refractivity contribution in [3.05, 3.63) is 120 Å². The summed E-state index contributed by atoms with van der Waals surface area (Å²) < 4.78 is 5.28. The summed E-state index contributed by atoms with van der Waals surface area (Å²) in [5.41, 5.74) is 3.90. The number of rotatable bonds is 10. The Labute approximate surface area is 261 Å². The largest absolute Gasteiger partial charge is 0.497 e. The Kier molecular flexibility index (Phi) is 8.79. The fourth-order valence-electron chi connectivity index (χ4n) is 6.24. The molecule has 2 fully saturated rings. The summed E-state index contributed by atoms with van der Waals surface area (Å²) in [6.07, 6.45) is 3.83. The molecule has 1 aromatic heterocycles. The molecule has 0 saturated carbocycles. The third kappa shape index (κ3) is 6.53. The second kappa shape index (κ2) is 13.2. The van der Waals surface area contributed by atoms with E-state index in [1.165, 1.54) is 4.90 Å². The average Bonchev–Trinajstić information content (AvgIpc) is 3.65. The molecule has 9 nitrogen and oxygen atoms in total. The number of amides is 2. The highest BCUT2D eigenvalue weighted by atomic mass is 16.5. The summed E-state index contributed by atoms with van der Waals surface area (Å²) in [6, 6.07) is 24.9. The lowest BCUT2D eigenvalue weighted by molar-refractivity contribution is -0.143. The summed E-state index contributed by atoms with van der Waals surface area (Å²) in [6.45, 7) is 0.131. The first-order chi connectivity index (χ1) is 21.9. The number of hydrogen-bond acceptors (Lipinski definition) is 7. The number of fused-ring (bicyclic) bond motifs is 1. The maximum absolute atomic E-state index is 14.5. The van der Waals surface area contributed by atoms with Crippen LogP contribution in [-0.4, -0.2) is 71.1 Å². The summed E-state index contributed by atoms with van der Waals surface area (Å²) in [5.74, 6) is -0.543. The van der Waals surface area contributed by atoms with Gasteiger partial charge in [-0.05, 0) is 59.0 Å². The van der Waals surface area contributed by atoms with Gasteiger partial charge in [0.1, 0.15) is 17.8 Å². The van der Waals surface area contributed by atoms with Gasteiger partial charge in [-0.15, -0.1) is 0 Å². The van der Waals surface area contributed by atoms with E-state index in [9.17, 15) is 19.2 Å². The Morgan fingerprint density at radius 2 is 1.67 bits per heavy atom. The zero-order valence-electron chi connectivity index (χ0n) is 24.9. The summed E-state index contributed by atoms with van der Waals surface area (Å²) >= 11 is 0. The number of Topliss-reactive ketones (excluding diaryl/α,β-unsaturated/α-hetero) is 2. The van der Waals surface area contributed by atoms with Gasteiger partial charge in [-0.2, -0.15) is 0 Å². The molecule has 4 aromatic rings. The Morgan fingerprint density at radius 3 is 2.36 bits per heavy atom. The molecule has 0 aliphatic carbocycles. The van der Waals surface area contributed by atoms with Gasteiger partial charge in [0.25, 0.3) is 5.91 Å². The van der Waals surface area contributed by atoms with Crippen LogP contribution >= 0.6 is 0 Å². The van der Waals surface area contributed by atoms with Gasteiger partial charge in [0, 0.05) is 36.8 Å². The molecule has 2 aliphatic heterocycles. The molecule has 6 rings (SSSR count). The lowest BCUT2D eigenvalue weighted by atomic mass is 10.00. The highest BCUT2D eigenvalue weighted by Crippen LogP contribution is 2.31. The number of nitrogens with one attached hydrogen (secondary N) is 2. The zero-order valence-corrected chi connectivity index (χ0v) is 24.9. The summed E-state index contributed by atoms with van der Waals surface area (Å²) in [4.78, 5) is 60.3. The van der Waals surface area contributed by atoms with Crippen molar-refractivity contribution >= 4 is 23.4 Å². The first-order valence-corrected chi connectivity index (χ1v) is 15.0. The maximum Gasteiger partial charge on any atom is 0.251 e. The standard InChI is InChI=1S/C36H34N4O5/c1-45-28-15-9-23(10-16-28)18-30(39-35(43)27-13-11-26(12-14-27)25-7-3-2-4-8-25)36(44)40-31(20-29-34(40)33(42)22-38-29)32(41)19-24-6-5-17-37-21-24/h2-17,21,29-31,34,38H,18-20,22H2,1H3,(H,39,43). The molecule has 2 saturated heterocycles. The predicted molar refractivity (Wildman–Crippen MR) is 169 cm³/mol. The summed E-state index contributed by atoms with van der Waals surface area (Å²) in [5, 5.41) is 6.12. The highest BCUT2D eigenvalue weighted by Gasteiger charge is 2.53. The molecule has 45 heavy (non-hydrogen) atoms. The Hall–Kier alpha value is -5.15. The second-order valence-corrected chi connectivity index (χ2v) is 11.4. The van der Waals surface area contributed by atoms with Crippen molar-refractivity contribution in [1.29, 1.82) is 0 Å². The molecule has 3 heterocycles. The van der Waals surface area contributed by atoms with Crippen molar-refractivity contribution in [2.45, 2.75) is 43.4 Å². The van der Waals surface area contributed by atoms with Crippen molar-refractivity contribution in [3.8, 4) is 16.9 Å². The Balaban J connectivity index is 1.28. The van der Waals surface area contributed by atoms with Crippen molar-refractivity contribution in [2.24, 2.45) is 0 Å². The molecule has 228 valence electrons. The van der Waals surface area contributed by atoms with E-state index in [4.69, 9.17) is 4.74 Å². The van der Waals surface area contributed by atoms with Crippen LogP contribution in [0.15, 0.2) is 103 Å². The van der Waals surface area contributed by atoms with E-state index < -0.39 is 29.9 Å². The van der Waals surface area contributed by atoms with E-state index in [1.807, 2.05) is 60.7 Å². The quantitative estimate of drug-likeness (QED) is 0.286. The highest BCUT2D eigenvalue weighted by molar-refractivity contribution is 6.02. The molecule has 2 aliphatic rings. The number of likely N-dealkylation sites (tertiary alicyclic amines) is 1. The number of carbonyl (C=O) groups excluding carboxylic acids is 4. The number of aromatic nitrogens is 1. The predicted octanol–water partition coefficient (Wildman–Crippen LogP) is 3.42. The molecule has 0 spiro atoms. The van der Waals surface area contributed by atoms with Gasteiger partial charge in [0.15, 0.2) is 11.6 Å². The van der Waals surface area contributed by atoms with Gasteiger partial charge in [0.05, 0.1) is 19.7 Å². The number of pyridine rings is 1. The first kappa shape index (κ1) is 29.9. The van der Waals surface area contributed by atoms with Crippen LogP contribution in [0.5, 0.6) is 5.75 Å². The van der Waals surface area contributed by atoms with Crippen molar-refractivity contribution in [2.75, 3.05) is 13.7 Å². The van der Waals surface area contributed by atoms with Gasteiger partial charge in [-0.1, -0.05) is 60.7 Å². The van der Waals surface area contributed by atoms with E-state index >= 15 is 0 Å².